The van der Waals surface area contributed by atoms with Crippen LogP contribution in [0.25, 0.3) is 10.9 Å². The molecule has 1 aromatic heterocycles. The molecule has 0 aliphatic rings. The highest BCUT2D eigenvalue weighted by atomic mass is 16.2. The van der Waals surface area contributed by atoms with E-state index in [1.807, 2.05) is 19.2 Å². The third kappa shape index (κ3) is 1.96. The van der Waals surface area contributed by atoms with Gasteiger partial charge in [0.1, 0.15) is 0 Å². The van der Waals surface area contributed by atoms with E-state index in [9.17, 15) is 0 Å². The van der Waals surface area contributed by atoms with Crippen LogP contribution in [-0.2, 0) is 7.05 Å². The topological polar surface area (TPSA) is 51.2 Å². The fourth-order valence-corrected chi connectivity index (χ4v) is 2.14. The zero-order chi connectivity index (χ0) is 11.5. The number of fused-ring (bicyclic) bond motifs is 1. The van der Waals surface area contributed by atoms with Crippen LogP contribution in [0.3, 0.4) is 0 Å². The molecule has 16 heavy (non-hydrogen) atoms. The number of benzene rings is 1. The van der Waals surface area contributed by atoms with E-state index in [-0.39, 0.29) is 12.6 Å². The maximum absolute atomic E-state index is 8.82. The van der Waals surface area contributed by atoms with Crippen molar-refractivity contribution in [2.75, 3.05) is 6.61 Å². The third-order valence-electron chi connectivity index (χ3n) is 3.00. The maximum Gasteiger partial charge on any atom is 0.0481 e. The first-order chi connectivity index (χ1) is 7.74. The zero-order valence-electron chi connectivity index (χ0n) is 9.56. The van der Waals surface area contributed by atoms with E-state index in [2.05, 4.69) is 22.9 Å². The molecule has 2 rings (SSSR count). The summed E-state index contributed by atoms with van der Waals surface area (Å²) in [5, 5.41) is 10.0. The number of aromatic nitrogens is 1. The molecule has 0 unspecified atom stereocenters. The number of para-hydroxylation sites is 1. The molecular weight excluding hydrogens is 200 g/mol. The Balaban J connectivity index is 2.37. The number of hydrogen-bond acceptors (Lipinski definition) is 2. The minimum atomic E-state index is 0.0123. The smallest absolute Gasteiger partial charge is 0.0481 e. The summed E-state index contributed by atoms with van der Waals surface area (Å²) in [6.45, 7) is 0.207. The summed E-state index contributed by atoms with van der Waals surface area (Å²) in [4.78, 5) is 0. The molecule has 2 aromatic rings. The molecule has 0 saturated carbocycles. The van der Waals surface area contributed by atoms with Crippen molar-refractivity contribution < 1.29 is 5.11 Å². The van der Waals surface area contributed by atoms with Gasteiger partial charge in [-0.25, -0.2) is 0 Å². The Labute approximate surface area is 95.5 Å². The third-order valence-corrected chi connectivity index (χ3v) is 3.00. The lowest BCUT2D eigenvalue weighted by Crippen LogP contribution is -2.10. The Morgan fingerprint density at radius 2 is 2.12 bits per heavy atom. The quantitative estimate of drug-likeness (QED) is 0.824. The molecule has 0 saturated heterocycles. The Kier molecular flexibility index (Phi) is 3.27. The molecule has 3 N–H and O–H groups in total. The van der Waals surface area contributed by atoms with E-state index < -0.39 is 0 Å². The molecule has 0 aliphatic carbocycles. The second-order valence-electron chi connectivity index (χ2n) is 4.18. The van der Waals surface area contributed by atoms with Crippen molar-refractivity contribution in [2.24, 2.45) is 12.8 Å². The second-order valence-corrected chi connectivity index (χ2v) is 4.18. The van der Waals surface area contributed by atoms with Crippen LogP contribution in [0.15, 0.2) is 30.5 Å². The van der Waals surface area contributed by atoms with E-state index in [0.29, 0.717) is 0 Å². The first-order valence-corrected chi connectivity index (χ1v) is 5.64. The molecule has 0 spiro atoms. The van der Waals surface area contributed by atoms with Crippen LogP contribution < -0.4 is 5.73 Å². The molecule has 0 aliphatic heterocycles. The number of aliphatic hydroxyl groups is 1. The summed E-state index contributed by atoms with van der Waals surface area (Å²) in [5.41, 5.74) is 8.51. The molecule has 86 valence electrons. The molecule has 0 radical (unpaired) electrons. The van der Waals surface area contributed by atoms with Crippen molar-refractivity contribution >= 4 is 10.9 Å². The van der Waals surface area contributed by atoms with Gasteiger partial charge >= 0.3 is 0 Å². The van der Waals surface area contributed by atoms with E-state index >= 15 is 0 Å². The van der Waals surface area contributed by atoms with Gasteiger partial charge in [-0.05, 0) is 24.5 Å². The number of aryl methyl sites for hydroxylation is 1. The van der Waals surface area contributed by atoms with Crippen molar-refractivity contribution in [3.05, 3.63) is 36.0 Å². The lowest BCUT2D eigenvalue weighted by molar-refractivity contribution is 0.280. The Morgan fingerprint density at radius 1 is 1.38 bits per heavy atom. The van der Waals surface area contributed by atoms with Crippen LogP contribution in [-0.4, -0.2) is 16.3 Å². The van der Waals surface area contributed by atoms with Gasteiger partial charge in [-0.3, -0.25) is 0 Å². The summed E-state index contributed by atoms with van der Waals surface area (Å²) < 4.78 is 2.10. The lowest BCUT2D eigenvalue weighted by Gasteiger charge is -2.09. The highest BCUT2D eigenvalue weighted by Gasteiger charge is 2.12. The Morgan fingerprint density at radius 3 is 2.88 bits per heavy atom. The van der Waals surface area contributed by atoms with E-state index in [4.69, 9.17) is 10.8 Å². The van der Waals surface area contributed by atoms with Gasteiger partial charge in [0.2, 0.25) is 0 Å². The van der Waals surface area contributed by atoms with Gasteiger partial charge in [0.15, 0.2) is 0 Å². The summed E-state index contributed by atoms with van der Waals surface area (Å²) in [6, 6.07) is 8.27. The van der Waals surface area contributed by atoms with Gasteiger partial charge < -0.3 is 15.4 Å². The van der Waals surface area contributed by atoms with Crippen LogP contribution in [0, 0.1) is 0 Å². The molecule has 3 nitrogen and oxygen atoms in total. The molecule has 1 aromatic carbocycles. The van der Waals surface area contributed by atoms with Crippen molar-refractivity contribution in [2.45, 2.75) is 18.9 Å². The number of nitrogens with two attached hydrogens (primary N) is 1. The number of hydrogen-bond donors (Lipinski definition) is 2. The van der Waals surface area contributed by atoms with Crippen molar-refractivity contribution in [3.63, 3.8) is 0 Å². The summed E-state index contributed by atoms with van der Waals surface area (Å²) in [6.07, 6.45) is 3.67. The molecule has 0 fully saturated rings. The Hall–Kier alpha value is -1.32. The summed E-state index contributed by atoms with van der Waals surface area (Å²) >= 11 is 0. The molecule has 0 bridgehead atoms. The van der Waals surface area contributed by atoms with Gasteiger partial charge in [0.05, 0.1) is 0 Å². The Bertz CT molecular complexity index is 476. The number of rotatable bonds is 4. The van der Waals surface area contributed by atoms with Crippen LogP contribution in [0.1, 0.15) is 24.4 Å². The zero-order valence-corrected chi connectivity index (χ0v) is 9.56. The van der Waals surface area contributed by atoms with Gasteiger partial charge in [0.25, 0.3) is 0 Å². The molecule has 3 heteroatoms. The molecule has 1 heterocycles. The fourth-order valence-electron chi connectivity index (χ4n) is 2.14. The van der Waals surface area contributed by atoms with Crippen LogP contribution in [0.2, 0.25) is 0 Å². The van der Waals surface area contributed by atoms with Crippen molar-refractivity contribution in [3.8, 4) is 0 Å². The fraction of sp³-hybridized carbons (Fsp3) is 0.385. The standard InChI is InChI=1S/C13H18N2O/c1-15-9-11(12(14)6-4-8-16)10-5-2-3-7-13(10)15/h2-3,5,7,9,12,16H,4,6,8,14H2,1H3/t12-/m1/s1. The number of nitrogens with zero attached hydrogens (tertiary/aromatic N) is 1. The van der Waals surface area contributed by atoms with Crippen molar-refractivity contribution in [1.29, 1.82) is 0 Å². The summed E-state index contributed by atoms with van der Waals surface area (Å²) in [5.74, 6) is 0. The van der Waals surface area contributed by atoms with Crippen LogP contribution >= 0.6 is 0 Å². The van der Waals surface area contributed by atoms with E-state index in [1.165, 1.54) is 16.5 Å². The normalized spacial score (nSPS) is 13.2. The lowest BCUT2D eigenvalue weighted by atomic mass is 10.0. The SMILES string of the molecule is Cn1cc([C@H](N)CCCO)c2ccccc21. The van der Waals surface area contributed by atoms with E-state index in [1.54, 1.807) is 0 Å². The van der Waals surface area contributed by atoms with Crippen molar-refractivity contribution in [1.82, 2.24) is 4.57 Å². The minimum absolute atomic E-state index is 0.0123. The first-order valence-electron chi connectivity index (χ1n) is 5.64. The summed E-state index contributed by atoms with van der Waals surface area (Å²) in [7, 11) is 2.03. The molecule has 1 atom stereocenters. The number of aliphatic hydroxyl groups excluding tert-OH is 1. The predicted octanol–water partition coefficient (Wildman–Crippen LogP) is 1.95. The van der Waals surface area contributed by atoms with Gasteiger partial charge in [-0.1, -0.05) is 18.2 Å². The average Bonchev–Trinajstić information content (AvgIpc) is 2.65. The molecular formula is C13H18N2O. The predicted molar refractivity (Wildman–Crippen MR) is 66.2 cm³/mol. The monoisotopic (exact) mass is 218 g/mol. The largest absolute Gasteiger partial charge is 0.396 e. The highest BCUT2D eigenvalue weighted by molar-refractivity contribution is 5.84. The van der Waals surface area contributed by atoms with Gasteiger partial charge in [-0.15, -0.1) is 0 Å². The average molecular weight is 218 g/mol. The molecule has 0 amide bonds. The maximum atomic E-state index is 8.82. The van der Waals surface area contributed by atoms with Crippen LogP contribution in [0.4, 0.5) is 0 Å². The van der Waals surface area contributed by atoms with E-state index in [0.717, 1.165) is 12.8 Å². The highest BCUT2D eigenvalue weighted by Crippen LogP contribution is 2.26. The first kappa shape index (κ1) is 11.2. The van der Waals surface area contributed by atoms with Gasteiger partial charge in [-0.2, -0.15) is 0 Å². The second kappa shape index (κ2) is 4.68. The minimum Gasteiger partial charge on any atom is -0.396 e. The van der Waals surface area contributed by atoms with Crippen LogP contribution in [0.5, 0.6) is 0 Å². The van der Waals surface area contributed by atoms with Gasteiger partial charge in [0, 0.05) is 36.8 Å².